The van der Waals surface area contributed by atoms with Crippen LogP contribution in [0.25, 0.3) is 0 Å². The van der Waals surface area contributed by atoms with E-state index in [0.717, 1.165) is 25.0 Å². The molecule has 0 aromatic rings. The first-order chi connectivity index (χ1) is 8.63. The predicted octanol–water partition coefficient (Wildman–Crippen LogP) is 2.26. The quantitative estimate of drug-likeness (QED) is 0.719. The van der Waals surface area contributed by atoms with Crippen molar-refractivity contribution in [3.05, 3.63) is 0 Å². The van der Waals surface area contributed by atoms with Gasteiger partial charge in [0.1, 0.15) is 0 Å². The zero-order valence-electron chi connectivity index (χ0n) is 12.3. The number of nitrogens with one attached hydrogen (secondary N) is 1. The number of likely N-dealkylation sites (N-methyl/N-ethyl adjacent to an activating group) is 1. The zero-order chi connectivity index (χ0) is 13.0. The van der Waals surface area contributed by atoms with E-state index in [4.69, 9.17) is 4.74 Å². The minimum Gasteiger partial charge on any atom is -0.372 e. The Kier molecular flexibility index (Phi) is 5.46. The first kappa shape index (κ1) is 14.3. The highest BCUT2D eigenvalue weighted by Crippen LogP contribution is 2.23. The molecule has 106 valence electrons. The maximum atomic E-state index is 6.11. The lowest BCUT2D eigenvalue weighted by atomic mass is 10.1. The van der Waals surface area contributed by atoms with Crippen LogP contribution in [0.2, 0.25) is 0 Å². The van der Waals surface area contributed by atoms with E-state index in [2.05, 4.69) is 31.1 Å². The second kappa shape index (κ2) is 6.88. The van der Waals surface area contributed by atoms with E-state index < -0.39 is 0 Å². The van der Waals surface area contributed by atoms with Gasteiger partial charge in [0, 0.05) is 19.1 Å². The molecule has 1 aliphatic heterocycles. The van der Waals surface area contributed by atoms with Gasteiger partial charge < -0.3 is 15.0 Å². The van der Waals surface area contributed by atoms with Crippen LogP contribution in [0, 0.1) is 5.92 Å². The molecule has 1 aliphatic carbocycles. The largest absolute Gasteiger partial charge is 0.372 e. The van der Waals surface area contributed by atoms with Crippen LogP contribution in [0.15, 0.2) is 0 Å². The van der Waals surface area contributed by atoms with E-state index in [9.17, 15) is 0 Å². The van der Waals surface area contributed by atoms with Crippen molar-refractivity contribution in [2.45, 2.75) is 64.2 Å². The molecule has 18 heavy (non-hydrogen) atoms. The molecule has 0 aromatic heterocycles. The molecule has 2 aliphatic rings. The third-order valence-corrected chi connectivity index (χ3v) is 4.01. The van der Waals surface area contributed by atoms with Crippen LogP contribution in [0.1, 0.15) is 46.0 Å². The van der Waals surface area contributed by atoms with Gasteiger partial charge in [-0.05, 0) is 51.6 Å². The van der Waals surface area contributed by atoms with Gasteiger partial charge in [-0.1, -0.05) is 13.8 Å². The lowest BCUT2D eigenvalue weighted by Crippen LogP contribution is -2.33. The van der Waals surface area contributed by atoms with Crippen molar-refractivity contribution < 1.29 is 4.74 Å². The Morgan fingerprint density at radius 3 is 2.56 bits per heavy atom. The van der Waals surface area contributed by atoms with Crippen LogP contribution < -0.4 is 5.32 Å². The van der Waals surface area contributed by atoms with Crippen LogP contribution in [0.3, 0.4) is 0 Å². The molecule has 2 fully saturated rings. The number of nitrogens with zero attached hydrogens (tertiary/aromatic N) is 1. The Hall–Kier alpha value is -0.120. The molecule has 0 amide bonds. The molecule has 2 unspecified atom stereocenters. The molecular formula is C15H30N2O. The molecule has 1 saturated carbocycles. The average molecular weight is 254 g/mol. The number of hydrogen-bond donors (Lipinski definition) is 1. The summed E-state index contributed by atoms with van der Waals surface area (Å²) in [4.78, 5) is 2.43. The fourth-order valence-electron chi connectivity index (χ4n) is 2.57. The topological polar surface area (TPSA) is 24.5 Å². The van der Waals surface area contributed by atoms with Crippen LogP contribution in [0.4, 0.5) is 0 Å². The average Bonchev–Trinajstić information content (AvgIpc) is 3.05. The van der Waals surface area contributed by atoms with E-state index in [0.29, 0.717) is 12.2 Å². The summed E-state index contributed by atoms with van der Waals surface area (Å²) >= 11 is 0. The standard InChI is InChI=1S/C15H30N2O/c1-12(2)8-9-17(3)11-15-7-6-14(18-15)10-16-13-4-5-13/h12-16H,4-11H2,1-3H3. The number of ether oxygens (including phenoxy) is 1. The Balaban J connectivity index is 1.56. The first-order valence-corrected chi connectivity index (χ1v) is 7.71. The minimum atomic E-state index is 0.466. The van der Waals surface area contributed by atoms with Crippen LogP contribution in [-0.2, 0) is 4.74 Å². The van der Waals surface area contributed by atoms with Crippen LogP contribution in [0.5, 0.6) is 0 Å². The van der Waals surface area contributed by atoms with Gasteiger partial charge >= 0.3 is 0 Å². The zero-order valence-corrected chi connectivity index (χ0v) is 12.3. The Labute approximate surface area is 112 Å². The van der Waals surface area contributed by atoms with Gasteiger partial charge in [0.05, 0.1) is 12.2 Å². The lowest BCUT2D eigenvalue weighted by molar-refractivity contribution is 0.0271. The molecule has 3 nitrogen and oxygen atoms in total. The van der Waals surface area contributed by atoms with Crippen molar-refractivity contribution in [1.29, 1.82) is 0 Å². The molecule has 2 atom stereocenters. The highest BCUT2D eigenvalue weighted by Gasteiger charge is 2.28. The summed E-state index contributed by atoms with van der Waals surface area (Å²) in [5, 5.41) is 3.57. The van der Waals surface area contributed by atoms with Gasteiger partial charge in [0.15, 0.2) is 0 Å². The smallest absolute Gasteiger partial charge is 0.0707 e. The highest BCUT2D eigenvalue weighted by molar-refractivity contribution is 4.84. The van der Waals surface area contributed by atoms with Gasteiger partial charge in [-0.2, -0.15) is 0 Å². The number of rotatable bonds is 8. The Morgan fingerprint density at radius 2 is 1.89 bits per heavy atom. The minimum absolute atomic E-state index is 0.466. The van der Waals surface area contributed by atoms with Gasteiger partial charge in [0.25, 0.3) is 0 Å². The van der Waals surface area contributed by atoms with E-state index in [1.54, 1.807) is 0 Å². The van der Waals surface area contributed by atoms with E-state index in [1.165, 1.54) is 38.6 Å². The molecule has 0 aromatic carbocycles. The first-order valence-electron chi connectivity index (χ1n) is 7.71. The van der Waals surface area contributed by atoms with Gasteiger partial charge in [-0.25, -0.2) is 0 Å². The monoisotopic (exact) mass is 254 g/mol. The molecule has 0 radical (unpaired) electrons. The second-order valence-corrected chi connectivity index (χ2v) is 6.58. The summed E-state index contributed by atoms with van der Waals surface area (Å²) in [5.41, 5.74) is 0. The summed E-state index contributed by atoms with van der Waals surface area (Å²) in [6.45, 7) is 7.95. The third kappa shape index (κ3) is 5.25. The van der Waals surface area contributed by atoms with Gasteiger partial charge in [-0.3, -0.25) is 0 Å². The normalized spacial score (nSPS) is 28.5. The van der Waals surface area contributed by atoms with Crippen molar-refractivity contribution in [3.8, 4) is 0 Å². The summed E-state index contributed by atoms with van der Waals surface area (Å²) in [5.74, 6) is 0.799. The SMILES string of the molecule is CC(C)CCN(C)CC1CCC(CNC2CC2)O1. The van der Waals surface area contributed by atoms with Gasteiger partial charge in [-0.15, -0.1) is 0 Å². The summed E-state index contributed by atoms with van der Waals surface area (Å²) < 4.78 is 6.11. The second-order valence-electron chi connectivity index (χ2n) is 6.58. The molecule has 0 bridgehead atoms. The van der Waals surface area contributed by atoms with Crippen molar-refractivity contribution in [3.63, 3.8) is 0 Å². The van der Waals surface area contributed by atoms with Gasteiger partial charge in [0.2, 0.25) is 0 Å². The summed E-state index contributed by atoms with van der Waals surface area (Å²) in [7, 11) is 2.22. The van der Waals surface area contributed by atoms with Crippen molar-refractivity contribution in [1.82, 2.24) is 10.2 Å². The molecule has 1 heterocycles. The number of hydrogen-bond acceptors (Lipinski definition) is 3. The third-order valence-electron chi connectivity index (χ3n) is 4.01. The van der Waals surface area contributed by atoms with E-state index in [1.807, 2.05) is 0 Å². The van der Waals surface area contributed by atoms with Crippen molar-refractivity contribution >= 4 is 0 Å². The van der Waals surface area contributed by atoms with Crippen LogP contribution in [-0.4, -0.2) is 49.8 Å². The van der Waals surface area contributed by atoms with E-state index >= 15 is 0 Å². The lowest BCUT2D eigenvalue weighted by Gasteiger charge is -2.22. The molecule has 2 rings (SSSR count). The Morgan fingerprint density at radius 1 is 1.17 bits per heavy atom. The summed E-state index contributed by atoms with van der Waals surface area (Å²) in [6, 6.07) is 0.807. The predicted molar refractivity (Wildman–Crippen MR) is 75.9 cm³/mol. The molecular weight excluding hydrogens is 224 g/mol. The summed E-state index contributed by atoms with van der Waals surface area (Å²) in [6.07, 6.45) is 7.44. The van der Waals surface area contributed by atoms with Crippen molar-refractivity contribution in [2.75, 3.05) is 26.7 Å². The fraction of sp³-hybridized carbons (Fsp3) is 1.00. The molecule has 3 heteroatoms. The maximum Gasteiger partial charge on any atom is 0.0707 e. The fourth-order valence-corrected chi connectivity index (χ4v) is 2.57. The highest BCUT2D eigenvalue weighted by atomic mass is 16.5. The Bertz CT molecular complexity index is 241. The maximum absolute atomic E-state index is 6.11. The van der Waals surface area contributed by atoms with Crippen molar-refractivity contribution in [2.24, 2.45) is 5.92 Å². The molecule has 0 spiro atoms. The van der Waals surface area contributed by atoms with Crippen LogP contribution >= 0.6 is 0 Å². The van der Waals surface area contributed by atoms with E-state index in [-0.39, 0.29) is 0 Å². The molecule has 1 N–H and O–H groups in total. The molecule has 1 saturated heterocycles.